The van der Waals surface area contributed by atoms with E-state index in [4.69, 9.17) is 5.11 Å². The molecule has 4 N–H and O–H groups in total. The first kappa shape index (κ1) is 22.1. The van der Waals surface area contributed by atoms with Gasteiger partial charge >= 0.3 is 5.97 Å². The van der Waals surface area contributed by atoms with Crippen LogP contribution in [0.5, 0.6) is 0 Å². The third-order valence-electron chi connectivity index (χ3n) is 3.98. The lowest BCUT2D eigenvalue weighted by atomic mass is 9.99. The number of unbranched alkanes of at least 4 members (excludes halogenated alkanes) is 3. The first-order valence-electron chi connectivity index (χ1n) is 8.89. The van der Waals surface area contributed by atoms with Gasteiger partial charge < -0.3 is 20.4 Å². The molecule has 0 radical (unpaired) electrons. The summed E-state index contributed by atoms with van der Waals surface area (Å²) >= 11 is 0. The van der Waals surface area contributed by atoms with Crippen LogP contribution >= 0.6 is 0 Å². The molecule has 0 rings (SSSR count). The number of hydrogen-bond acceptors (Lipinski definition) is 4. The van der Waals surface area contributed by atoms with Gasteiger partial charge in [-0.1, -0.05) is 32.3 Å². The first-order chi connectivity index (χ1) is 11.0. The van der Waals surface area contributed by atoms with Gasteiger partial charge in [0.2, 0.25) is 0 Å². The quantitative estimate of drug-likeness (QED) is 0.273. The third-order valence-corrected chi connectivity index (χ3v) is 3.98. The Morgan fingerprint density at radius 1 is 0.826 bits per heavy atom. The number of aliphatic carboxylic acids is 1. The molecule has 0 spiro atoms. The largest absolute Gasteiger partial charge is 0.478 e. The molecule has 0 aromatic rings. The van der Waals surface area contributed by atoms with Crippen molar-refractivity contribution >= 4 is 5.97 Å². The van der Waals surface area contributed by atoms with E-state index in [1.165, 1.54) is 0 Å². The molecule has 0 heterocycles. The molecule has 0 aliphatic carbocycles. The molecule has 3 atom stereocenters. The van der Waals surface area contributed by atoms with Crippen molar-refractivity contribution in [1.29, 1.82) is 0 Å². The van der Waals surface area contributed by atoms with Gasteiger partial charge in [-0.25, -0.2) is 4.79 Å². The van der Waals surface area contributed by atoms with Crippen molar-refractivity contribution in [2.75, 3.05) is 0 Å². The van der Waals surface area contributed by atoms with Gasteiger partial charge in [0.15, 0.2) is 0 Å². The molecule has 0 saturated heterocycles. The Balaban J connectivity index is 3.59. The highest BCUT2D eigenvalue weighted by Crippen LogP contribution is 2.14. The lowest BCUT2D eigenvalue weighted by molar-refractivity contribution is -0.131. The van der Waals surface area contributed by atoms with Crippen molar-refractivity contribution in [3.8, 4) is 0 Å². The van der Waals surface area contributed by atoms with E-state index in [9.17, 15) is 20.1 Å². The molecule has 0 aliphatic heterocycles. The molecule has 5 nitrogen and oxygen atoms in total. The maximum atomic E-state index is 10.3. The summed E-state index contributed by atoms with van der Waals surface area (Å²) in [6, 6.07) is 0. The standard InChI is InChI=1S/C18H34O5/c1-2-3-5-8-15(19)11-13-17(21)14-12-16(20)9-6-4-7-10-18(22)23/h7,10,15-17,19-21H,2-6,8-9,11-14H2,1H3,(H,22,23). The summed E-state index contributed by atoms with van der Waals surface area (Å²) in [6.45, 7) is 2.13. The van der Waals surface area contributed by atoms with Crippen molar-refractivity contribution in [2.45, 2.75) is 95.9 Å². The molecule has 5 heteroatoms. The van der Waals surface area contributed by atoms with Crippen LogP contribution in [0, 0.1) is 0 Å². The van der Waals surface area contributed by atoms with Crippen molar-refractivity contribution in [3.63, 3.8) is 0 Å². The van der Waals surface area contributed by atoms with Crippen LogP contribution in [0.2, 0.25) is 0 Å². The van der Waals surface area contributed by atoms with Gasteiger partial charge in [0, 0.05) is 6.08 Å². The number of carboxylic acid groups (broad SMARTS) is 1. The van der Waals surface area contributed by atoms with E-state index >= 15 is 0 Å². The molecule has 0 aromatic carbocycles. The molecule has 3 unspecified atom stereocenters. The lowest BCUT2D eigenvalue weighted by Crippen LogP contribution is -2.16. The normalized spacial score (nSPS) is 15.7. The Bertz CT molecular complexity index is 317. The number of carboxylic acids is 1. The Morgan fingerprint density at radius 3 is 1.78 bits per heavy atom. The second kappa shape index (κ2) is 14.7. The predicted molar refractivity (Wildman–Crippen MR) is 91.3 cm³/mol. The Morgan fingerprint density at radius 2 is 1.30 bits per heavy atom. The summed E-state index contributed by atoms with van der Waals surface area (Å²) in [5.74, 6) is -0.953. The summed E-state index contributed by atoms with van der Waals surface area (Å²) in [4.78, 5) is 10.3. The van der Waals surface area contributed by atoms with Gasteiger partial charge in [-0.15, -0.1) is 0 Å². The topological polar surface area (TPSA) is 98.0 Å². The fourth-order valence-electron chi connectivity index (χ4n) is 2.49. The minimum absolute atomic E-state index is 0.331. The number of carbonyl (C=O) groups is 1. The van der Waals surface area contributed by atoms with E-state index < -0.39 is 18.2 Å². The van der Waals surface area contributed by atoms with Crippen molar-refractivity contribution in [1.82, 2.24) is 0 Å². The van der Waals surface area contributed by atoms with Crippen molar-refractivity contribution < 1.29 is 25.2 Å². The highest BCUT2D eigenvalue weighted by atomic mass is 16.4. The molecule has 0 saturated carbocycles. The monoisotopic (exact) mass is 330 g/mol. The minimum atomic E-state index is -0.953. The van der Waals surface area contributed by atoms with Gasteiger partial charge in [0.05, 0.1) is 18.3 Å². The summed E-state index contributed by atoms with van der Waals surface area (Å²) in [6.07, 6.45) is 9.76. The maximum Gasteiger partial charge on any atom is 0.327 e. The first-order valence-corrected chi connectivity index (χ1v) is 8.89. The Kier molecular flexibility index (Phi) is 14.1. The minimum Gasteiger partial charge on any atom is -0.478 e. The van der Waals surface area contributed by atoms with E-state index in [-0.39, 0.29) is 6.10 Å². The number of hydrogen-bond donors (Lipinski definition) is 4. The number of aliphatic hydroxyl groups excluding tert-OH is 3. The highest BCUT2D eigenvalue weighted by Gasteiger charge is 2.11. The highest BCUT2D eigenvalue weighted by molar-refractivity contribution is 5.79. The van der Waals surface area contributed by atoms with Gasteiger partial charge in [0.1, 0.15) is 0 Å². The fraction of sp³-hybridized carbons (Fsp3) is 0.833. The average Bonchev–Trinajstić information content (AvgIpc) is 2.50. The van der Waals surface area contributed by atoms with Gasteiger partial charge in [-0.3, -0.25) is 0 Å². The second-order valence-corrected chi connectivity index (χ2v) is 6.28. The summed E-state index contributed by atoms with van der Waals surface area (Å²) in [5.41, 5.74) is 0. The summed E-state index contributed by atoms with van der Waals surface area (Å²) in [7, 11) is 0. The van der Waals surface area contributed by atoms with Gasteiger partial charge in [0.25, 0.3) is 0 Å². The molecule has 0 bridgehead atoms. The SMILES string of the molecule is CCCCCC(O)CCC(O)CCC(O)CCCC=CC(=O)O. The molecular formula is C18H34O5. The van der Waals surface area contributed by atoms with Crippen molar-refractivity contribution in [3.05, 3.63) is 12.2 Å². The third kappa shape index (κ3) is 15.8. The van der Waals surface area contributed by atoms with Crippen LogP contribution in [0.15, 0.2) is 12.2 Å². The van der Waals surface area contributed by atoms with Crippen LogP contribution in [0.4, 0.5) is 0 Å². The Hall–Kier alpha value is -0.910. The second-order valence-electron chi connectivity index (χ2n) is 6.28. The molecule has 136 valence electrons. The molecule has 23 heavy (non-hydrogen) atoms. The van der Waals surface area contributed by atoms with Crippen LogP contribution in [-0.4, -0.2) is 44.7 Å². The zero-order chi connectivity index (χ0) is 17.5. The van der Waals surface area contributed by atoms with E-state index in [0.29, 0.717) is 38.5 Å². The Labute approximate surface area is 140 Å². The lowest BCUT2D eigenvalue weighted by Gasteiger charge is -2.16. The van der Waals surface area contributed by atoms with Crippen LogP contribution < -0.4 is 0 Å². The number of allylic oxidation sites excluding steroid dienone is 1. The summed E-state index contributed by atoms with van der Waals surface area (Å²) < 4.78 is 0. The van der Waals surface area contributed by atoms with E-state index in [2.05, 4.69) is 6.92 Å². The van der Waals surface area contributed by atoms with Crippen molar-refractivity contribution in [2.24, 2.45) is 0 Å². The number of aliphatic hydroxyl groups is 3. The molecule has 0 aliphatic rings. The molecular weight excluding hydrogens is 296 g/mol. The number of rotatable bonds is 15. The van der Waals surface area contributed by atoms with Gasteiger partial charge in [-0.2, -0.15) is 0 Å². The molecule has 0 fully saturated rings. The average molecular weight is 330 g/mol. The molecule has 0 amide bonds. The van der Waals surface area contributed by atoms with Crippen LogP contribution in [-0.2, 0) is 4.79 Å². The van der Waals surface area contributed by atoms with E-state index in [1.807, 2.05) is 0 Å². The van der Waals surface area contributed by atoms with Gasteiger partial charge in [-0.05, 0) is 51.4 Å². The zero-order valence-electron chi connectivity index (χ0n) is 14.4. The van der Waals surface area contributed by atoms with Crippen LogP contribution in [0.1, 0.15) is 77.6 Å². The smallest absolute Gasteiger partial charge is 0.327 e. The summed E-state index contributed by atoms with van der Waals surface area (Å²) in [5, 5.41) is 38.0. The van der Waals surface area contributed by atoms with E-state index in [1.54, 1.807) is 6.08 Å². The van der Waals surface area contributed by atoms with E-state index in [0.717, 1.165) is 38.2 Å². The van der Waals surface area contributed by atoms with Crippen LogP contribution in [0.3, 0.4) is 0 Å². The maximum absolute atomic E-state index is 10.3. The zero-order valence-corrected chi connectivity index (χ0v) is 14.4. The molecule has 0 aromatic heterocycles. The van der Waals surface area contributed by atoms with Crippen LogP contribution in [0.25, 0.3) is 0 Å². The fourth-order valence-corrected chi connectivity index (χ4v) is 2.49. The predicted octanol–water partition coefficient (Wildman–Crippen LogP) is 3.02.